The molecule has 1 rings (SSSR count). The first-order valence-corrected chi connectivity index (χ1v) is 7.37. The van der Waals surface area contributed by atoms with E-state index in [1.807, 2.05) is 18.7 Å². The molecule has 0 aromatic carbocycles. The maximum absolute atomic E-state index is 12.2. The van der Waals surface area contributed by atoms with E-state index in [4.69, 9.17) is 0 Å². The summed E-state index contributed by atoms with van der Waals surface area (Å²) in [5.74, 6) is 2.16. The molecule has 1 unspecified atom stereocenters. The Morgan fingerprint density at radius 1 is 1.41 bits per heavy atom. The van der Waals surface area contributed by atoms with Gasteiger partial charge in [0.2, 0.25) is 11.8 Å². The predicted molar refractivity (Wildman–Crippen MR) is 71.0 cm³/mol. The van der Waals surface area contributed by atoms with Crippen LogP contribution in [0.3, 0.4) is 0 Å². The smallest absolute Gasteiger partial charge is 0.248 e. The molecule has 17 heavy (non-hydrogen) atoms. The van der Waals surface area contributed by atoms with E-state index in [2.05, 4.69) is 12.2 Å². The summed E-state index contributed by atoms with van der Waals surface area (Å²) < 4.78 is 0. The number of hydrogen-bond donors (Lipinski definition) is 1. The third kappa shape index (κ3) is 3.63. The number of thioether (sulfide) groups is 1. The van der Waals surface area contributed by atoms with E-state index in [0.29, 0.717) is 13.0 Å². The van der Waals surface area contributed by atoms with Crippen molar-refractivity contribution in [1.82, 2.24) is 10.2 Å². The minimum Gasteiger partial charge on any atom is -0.340 e. The van der Waals surface area contributed by atoms with Gasteiger partial charge in [-0.2, -0.15) is 11.8 Å². The molecule has 0 bridgehead atoms. The van der Waals surface area contributed by atoms with Crippen molar-refractivity contribution in [1.29, 1.82) is 0 Å². The molecule has 5 heteroatoms. The number of piperazine rings is 1. The number of amides is 2. The van der Waals surface area contributed by atoms with Gasteiger partial charge < -0.3 is 10.2 Å². The van der Waals surface area contributed by atoms with Crippen LogP contribution >= 0.6 is 11.8 Å². The van der Waals surface area contributed by atoms with Gasteiger partial charge >= 0.3 is 0 Å². The Kier molecular flexibility index (Phi) is 5.31. The van der Waals surface area contributed by atoms with E-state index in [0.717, 1.165) is 17.9 Å². The highest BCUT2D eigenvalue weighted by atomic mass is 32.2. The van der Waals surface area contributed by atoms with E-state index in [9.17, 15) is 9.59 Å². The Hall–Kier alpha value is -0.710. The number of hydrogen-bond acceptors (Lipinski definition) is 3. The minimum absolute atomic E-state index is 0.0444. The molecule has 0 aliphatic carbocycles. The second-order valence-corrected chi connectivity index (χ2v) is 5.90. The van der Waals surface area contributed by atoms with E-state index in [1.165, 1.54) is 0 Å². The van der Waals surface area contributed by atoms with Crippen LogP contribution in [0.25, 0.3) is 0 Å². The highest BCUT2D eigenvalue weighted by molar-refractivity contribution is 7.99. The average Bonchev–Trinajstić information content (AvgIpc) is 2.30. The zero-order chi connectivity index (χ0) is 12.9. The van der Waals surface area contributed by atoms with Gasteiger partial charge in [-0.15, -0.1) is 0 Å². The highest BCUT2D eigenvalue weighted by Crippen LogP contribution is 2.18. The lowest BCUT2D eigenvalue weighted by molar-refractivity contribution is -0.149. The molecule has 1 saturated heterocycles. The van der Waals surface area contributed by atoms with Gasteiger partial charge in [0, 0.05) is 6.54 Å². The normalized spacial score (nSPS) is 25.0. The van der Waals surface area contributed by atoms with Gasteiger partial charge in [-0.05, 0) is 31.3 Å². The summed E-state index contributed by atoms with van der Waals surface area (Å²) in [4.78, 5) is 25.5. The van der Waals surface area contributed by atoms with Crippen LogP contribution in [0.4, 0.5) is 0 Å². The lowest BCUT2D eigenvalue weighted by atomic mass is 9.94. The maximum Gasteiger partial charge on any atom is 0.248 e. The van der Waals surface area contributed by atoms with Crippen LogP contribution in [0.2, 0.25) is 0 Å². The van der Waals surface area contributed by atoms with Crippen LogP contribution in [0.1, 0.15) is 33.6 Å². The van der Waals surface area contributed by atoms with E-state index >= 15 is 0 Å². The van der Waals surface area contributed by atoms with Crippen molar-refractivity contribution in [3.63, 3.8) is 0 Å². The van der Waals surface area contributed by atoms with E-state index in [1.54, 1.807) is 11.8 Å². The molecule has 98 valence electrons. The molecule has 4 nitrogen and oxygen atoms in total. The molecule has 0 radical (unpaired) electrons. The number of nitrogens with one attached hydrogen (secondary N) is 1. The fourth-order valence-corrected chi connectivity index (χ4v) is 2.54. The number of carbonyl (C=O) groups excluding carboxylic acids is 2. The minimum atomic E-state index is -0.701. The van der Waals surface area contributed by atoms with Crippen molar-refractivity contribution < 1.29 is 9.59 Å². The first-order chi connectivity index (χ1) is 8.03. The molecule has 1 aliphatic rings. The van der Waals surface area contributed by atoms with Crippen molar-refractivity contribution in [2.45, 2.75) is 39.2 Å². The van der Waals surface area contributed by atoms with Crippen molar-refractivity contribution in [3.05, 3.63) is 0 Å². The highest BCUT2D eigenvalue weighted by Gasteiger charge is 2.40. The van der Waals surface area contributed by atoms with Crippen LogP contribution in [0.15, 0.2) is 0 Å². The molecule has 0 spiro atoms. The standard InChI is InChI=1S/C12H22N2O2S/c1-4-12(3)11(16)14(9-10(15)13-12)7-6-8-17-5-2/h4-9H2,1-3H3,(H,13,15). The summed E-state index contributed by atoms with van der Waals surface area (Å²) in [6.07, 6.45) is 1.59. The number of rotatable bonds is 6. The molecule has 1 fully saturated rings. The van der Waals surface area contributed by atoms with Crippen molar-refractivity contribution in [2.24, 2.45) is 0 Å². The van der Waals surface area contributed by atoms with Gasteiger partial charge in [0.1, 0.15) is 5.54 Å². The van der Waals surface area contributed by atoms with Crippen molar-refractivity contribution in [2.75, 3.05) is 24.6 Å². The van der Waals surface area contributed by atoms with Gasteiger partial charge in [-0.25, -0.2) is 0 Å². The molecular formula is C12H22N2O2S. The largest absolute Gasteiger partial charge is 0.340 e. The molecular weight excluding hydrogens is 236 g/mol. The summed E-state index contributed by atoms with van der Waals surface area (Å²) in [6.45, 7) is 6.76. The zero-order valence-corrected chi connectivity index (χ0v) is 11.7. The Balaban J connectivity index is 2.53. The topological polar surface area (TPSA) is 49.4 Å². The molecule has 1 aliphatic heterocycles. The summed E-state index contributed by atoms with van der Waals surface area (Å²) in [6, 6.07) is 0. The average molecular weight is 258 g/mol. The third-order valence-electron chi connectivity index (χ3n) is 3.14. The Morgan fingerprint density at radius 3 is 2.71 bits per heavy atom. The van der Waals surface area contributed by atoms with Gasteiger partial charge in [-0.3, -0.25) is 9.59 Å². The summed E-state index contributed by atoms with van der Waals surface area (Å²) in [5.41, 5.74) is -0.701. The number of nitrogens with zero attached hydrogens (tertiary/aromatic N) is 1. The SMILES string of the molecule is CCSCCCN1CC(=O)NC(C)(CC)C1=O. The van der Waals surface area contributed by atoms with Crippen LogP contribution < -0.4 is 5.32 Å². The first kappa shape index (κ1) is 14.4. The van der Waals surface area contributed by atoms with Gasteiger partial charge in [0.05, 0.1) is 6.54 Å². The van der Waals surface area contributed by atoms with Gasteiger partial charge in [0.15, 0.2) is 0 Å². The number of carbonyl (C=O) groups is 2. The quantitative estimate of drug-likeness (QED) is 0.730. The molecule has 0 aromatic heterocycles. The molecule has 1 N–H and O–H groups in total. The monoisotopic (exact) mass is 258 g/mol. The summed E-state index contributed by atoms with van der Waals surface area (Å²) in [7, 11) is 0. The lowest BCUT2D eigenvalue weighted by Crippen LogP contribution is -2.65. The summed E-state index contributed by atoms with van der Waals surface area (Å²) in [5, 5.41) is 2.79. The lowest BCUT2D eigenvalue weighted by Gasteiger charge is -2.39. The van der Waals surface area contributed by atoms with Crippen LogP contribution in [0.5, 0.6) is 0 Å². The summed E-state index contributed by atoms with van der Waals surface area (Å²) >= 11 is 1.87. The van der Waals surface area contributed by atoms with Crippen molar-refractivity contribution >= 4 is 23.6 Å². The van der Waals surface area contributed by atoms with Crippen LogP contribution in [-0.4, -0.2) is 46.8 Å². The van der Waals surface area contributed by atoms with Crippen molar-refractivity contribution in [3.8, 4) is 0 Å². The van der Waals surface area contributed by atoms with Crippen LogP contribution in [0, 0.1) is 0 Å². The fourth-order valence-electron chi connectivity index (χ4n) is 1.92. The first-order valence-electron chi connectivity index (χ1n) is 6.21. The van der Waals surface area contributed by atoms with E-state index in [-0.39, 0.29) is 18.4 Å². The Morgan fingerprint density at radius 2 is 2.12 bits per heavy atom. The molecule has 1 heterocycles. The molecule has 0 saturated carbocycles. The Labute approximate surface area is 108 Å². The Bertz CT molecular complexity index is 296. The fraction of sp³-hybridized carbons (Fsp3) is 0.833. The maximum atomic E-state index is 12.2. The van der Waals surface area contributed by atoms with Crippen LogP contribution in [-0.2, 0) is 9.59 Å². The third-order valence-corrected chi connectivity index (χ3v) is 4.12. The zero-order valence-electron chi connectivity index (χ0n) is 10.9. The molecule has 0 aromatic rings. The predicted octanol–water partition coefficient (Wildman–Crippen LogP) is 1.26. The second kappa shape index (κ2) is 6.28. The molecule has 2 amide bonds. The van der Waals surface area contributed by atoms with Gasteiger partial charge in [0.25, 0.3) is 0 Å². The second-order valence-electron chi connectivity index (χ2n) is 4.51. The van der Waals surface area contributed by atoms with Gasteiger partial charge in [-0.1, -0.05) is 13.8 Å². The van der Waals surface area contributed by atoms with E-state index < -0.39 is 5.54 Å². The molecule has 1 atom stereocenters.